The molecule has 2 aromatic carbocycles. The highest BCUT2D eigenvalue weighted by Crippen LogP contribution is 2.23. The molecule has 0 radical (unpaired) electrons. The average molecular weight is 355 g/mol. The Balaban J connectivity index is 2.15. The molecule has 0 spiro atoms. The summed E-state index contributed by atoms with van der Waals surface area (Å²) >= 11 is 0. The number of ether oxygens (including phenoxy) is 2. The monoisotopic (exact) mass is 355 g/mol. The molecule has 2 aromatic rings. The maximum atomic E-state index is 12.6. The van der Waals surface area contributed by atoms with E-state index in [1.165, 1.54) is 0 Å². The number of carbonyl (C=O) groups excluding carboxylic acids is 1. The van der Waals surface area contributed by atoms with Gasteiger partial charge < -0.3 is 14.8 Å². The molecule has 2 rings (SSSR count). The second-order valence-electron chi connectivity index (χ2n) is 6.49. The zero-order valence-corrected chi connectivity index (χ0v) is 16.2. The Morgan fingerprint density at radius 2 is 1.77 bits per heavy atom. The van der Waals surface area contributed by atoms with Crippen LogP contribution in [0.3, 0.4) is 0 Å². The summed E-state index contributed by atoms with van der Waals surface area (Å²) in [5.41, 5.74) is 4.55. The lowest BCUT2D eigenvalue weighted by molar-refractivity contribution is 0.102. The molecular weight excluding hydrogens is 326 g/mol. The molecule has 1 N–H and O–H groups in total. The molecule has 0 unspecified atom stereocenters. The summed E-state index contributed by atoms with van der Waals surface area (Å²) in [7, 11) is 0. The Hall–Kier alpha value is -2.33. The largest absolute Gasteiger partial charge is 0.494 e. The smallest absolute Gasteiger partial charge is 0.255 e. The summed E-state index contributed by atoms with van der Waals surface area (Å²) in [5, 5.41) is 2.97. The zero-order valence-electron chi connectivity index (χ0n) is 16.2. The average Bonchev–Trinajstić information content (AvgIpc) is 2.59. The standard InChI is InChI=1S/C22H29NO3/c1-5-7-10-25-15-19-14-18(8-9-21(19)26-6-2)22(24)23-20-12-16(3)11-17(4)13-20/h8-9,11-14H,5-7,10,15H2,1-4H3,(H,23,24). The van der Waals surface area contributed by atoms with Crippen LogP contribution in [0.5, 0.6) is 5.75 Å². The van der Waals surface area contributed by atoms with Crippen LogP contribution in [0.25, 0.3) is 0 Å². The van der Waals surface area contributed by atoms with Gasteiger partial charge in [-0.1, -0.05) is 19.4 Å². The maximum Gasteiger partial charge on any atom is 0.255 e. The van der Waals surface area contributed by atoms with Crippen molar-refractivity contribution in [2.75, 3.05) is 18.5 Å². The first kappa shape index (κ1) is 20.0. The highest BCUT2D eigenvalue weighted by molar-refractivity contribution is 6.04. The van der Waals surface area contributed by atoms with Crippen molar-refractivity contribution in [3.8, 4) is 5.75 Å². The molecule has 0 aliphatic rings. The summed E-state index contributed by atoms with van der Waals surface area (Å²) in [6.07, 6.45) is 2.12. The van der Waals surface area contributed by atoms with E-state index in [4.69, 9.17) is 9.47 Å². The first-order valence-electron chi connectivity index (χ1n) is 9.26. The van der Waals surface area contributed by atoms with E-state index in [-0.39, 0.29) is 5.91 Å². The number of hydrogen-bond acceptors (Lipinski definition) is 3. The Morgan fingerprint density at radius 3 is 2.42 bits per heavy atom. The zero-order chi connectivity index (χ0) is 18.9. The SMILES string of the molecule is CCCCOCc1cc(C(=O)Nc2cc(C)cc(C)c2)ccc1OCC. The van der Waals surface area contributed by atoms with Gasteiger partial charge in [0.15, 0.2) is 0 Å². The lowest BCUT2D eigenvalue weighted by Crippen LogP contribution is -2.13. The molecule has 0 fully saturated rings. The molecule has 4 heteroatoms. The lowest BCUT2D eigenvalue weighted by atomic mass is 10.1. The van der Waals surface area contributed by atoms with E-state index in [1.807, 2.05) is 45.0 Å². The predicted molar refractivity (Wildman–Crippen MR) is 106 cm³/mol. The fraction of sp³-hybridized carbons (Fsp3) is 0.409. The van der Waals surface area contributed by atoms with Gasteiger partial charge in [0.05, 0.1) is 13.2 Å². The molecule has 0 saturated carbocycles. The predicted octanol–water partition coefficient (Wildman–Crippen LogP) is 5.27. The maximum absolute atomic E-state index is 12.6. The minimum Gasteiger partial charge on any atom is -0.494 e. The summed E-state index contributed by atoms with van der Waals surface area (Å²) in [5.74, 6) is 0.639. The number of unbranched alkanes of at least 4 members (excludes halogenated alkanes) is 1. The third-order valence-electron chi connectivity index (χ3n) is 4.00. The van der Waals surface area contributed by atoms with Gasteiger partial charge in [0.25, 0.3) is 5.91 Å². The molecule has 0 bridgehead atoms. The molecule has 0 aliphatic heterocycles. The molecule has 0 aromatic heterocycles. The van der Waals surface area contributed by atoms with Gasteiger partial charge in [-0.3, -0.25) is 4.79 Å². The van der Waals surface area contributed by atoms with Crippen molar-refractivity contribution in [2.45, 2.75) is 47.1 Å². The van der Waals surface area contributed by atoms with Gasteiger partial charge in [-0.2, -0.15) is 0 Å². The lowest BCUT2D eigenvalue weighted by Gasteiger charge is -2.13. The highest BCUT2D eigenvalue weighted by Gasteiger charge is 2.12. The van der Waals surface area contributed by atoms with Crippen molar-refractivity contribution < 1.29 is 14.3 Å². The van der Waals surface area contributed by atoms with Crippen LogP contribution in [-0.2, 0) is 11.3 Å². The molecule has 4 nitrogen and oxygen atoms in total. The number of amides is 1. The van der Waals surface area contributed by atoms with Gasteiger partial charge in [0.2, 0.25) is 0 Å². The van der Waals surface area contributed by atoms with Crippen molar-refractivity contribution in [3.63, 3.8) is 0 Å². The van der Waals surface area contributed by atoms with Crippen molar-refractivity contribution in [1.29, 1.82) is 0 Å². The molecule has 0 heterocycles. The molecule has 0 aliphatic carbocycles. The second kappa shape index (κ2) is 9.97. The van der Waals surface area contributed by atoms with Crippen molar-refractivity contribution in [1.82, 2.24) is 0 Å². The Labute approximate surface area is 156 Å². The number of benzene rings is 2. The van der Waals surface area contributed by atoms with Gasteiger partial charge in [-0.05, 0) is 68.7 Å². The first-order chi connectivity index (χ1) is 12.5. The molecular formula is C22H29NO3. The van der Waals surface area contributed by atoms with E-state index >= 15 is 0 Å². The second-order valence-corrected chi connectivity index (χ2v) is 6.49. The fourth-order valence-electron chi connectivity index (χ4n) is 2.81. The number of aryl methyl sites for hydroxylation is 2. The summed E-state index contributed by atoms with van der Waals surface area (Å²) in [6.45, 7) is 9.85. The molecule has 0 saturated heterocycles. The van der Waals surface area contributed by atoms with Crippen molar-refractivity contribution in [3.05, 3.63) is 58.7 Å². The van der Waals surface area contributed by atoms with Crippen LogP contribution in [0.15, 0.2) is 36.4 Å². The van der Waals surface area contributed by atoms with Gasteiger partial charge in [-0.25, -0.2) is 0 Å². The number of rotatable bonds is 9. The summed E-state index contributed by atoms with van der Waals surface area (Å²) in [6, 6.07) is 11.5. The number of hydrogen-bond donors (Lipinski definition) is 1. The third kappa shape index (κ3) is 5.88. The van der Waals surface area contributed by atoms with Crippen molar-refractivity contribution in [2.24, 2.45) is 0 Å². The van der Waals surface area contributed by atoms with Crippen LogP contribution in [0.4, 0.5) is 5.69 Å². The Bertz CT molecular complexity index is 720. The van der Waals surface area contributed by atoms with E-state index in [0.29, 0.717) is 25.4 Å². The van der Waals surface area contributed by atoms with Crippen LogP contribution in [0.2, 0.25) is 0 Å². The van der Waals surface area contributed by atoms with Crippen molar-refractivity contribution >= 4 is 11.6 Å². The van der Waals surface area contributed by atoms with Crippen LogP contribution in [-0.4, -0.2) is 19.1 Å². The minimum atomic E-state index is -0.132. The summed E-state index contributed by atoms with van der Waals surface area (Å²) < 4.78 is 11.4. The van der Waals surface area contributed by atoms with Gasteiger partial charge in [-0.15, -0.1) is 0 Å². The first-order valence-corrected chi connectivity index (χ1v) is 9.26. The van der Waals surface area contributed by atoms with Crippen LogP contribution >= 0.6 is 0 Å². The molecule has 1 amide bonds. The molecule has 26 heavy (non-hydrogen) atoms. The normalized spacial score (nSPS) is 10.6. The van der Waals surface area contributed by atoms with E-state index in [1.54, 1.807) is 6.07 Å². The van der Waals surface area contributed by atoms with Crippen LogP contribution < -0.4 is 10.1 Å². The number of carbonyl (C=O) groups is 1. The number of nitrogens with one attached hydrogen (secondary N) is 1. The quantitative estimate of drug-likeness (QED) is 0.623. The van der Waals surface area contributed by atoms with E-state index in [2.05, 4.69) is 18.3 Å². The molecule has 0 atom stereocenters. The van der Waals surface area contributed by atoms with Gasteiger partial charge in [0.1, 0.15) is 5.75 Å². The highest BCUT2D eigenvalue weighted by atomic mass is 16.5. The number of anilines is 1. The van der Waals surface area contributed by atoms with Gasteiger partial charge >= 0.3 is 0 Å². The van der Waals surface area contributed by atoms with Crippen LogP contribution in [0.1, 0.15) is 53.7 Å². The van der Waals surface area contributed by atoms with E-state index < -0.39 is 0 Å². The fourth-order valence-corrected chi connectivity index (χ4v) is 2.81. The molecule has 140 valence electrons. The topological polar surface area (TPSA) is 47.6 Å². The van der Waals surface area contributed by atoms with Gasteiger partial charge in [0, 0.05) is 23.4 Å². The van der Waals surface area contributed by atoms with Crippen LogP contribution in [0, 0.1) is 13.8 Å². The summed E-state index contributed by atoms with van der Waals surface area (Å²) in [4.78, 5) is 12.6. The Kier molecular flexibility index (Phi) is 7.67. The van der Waals surface area contributed by atoms with E-state index in [0.717, 1.165) is 41.0 Å². The Morgan fingerprint density at radius 1 is 1.04 bits per heavy atom. The van der Waals surface area contributed by atoms with E-state index in [9.17, 15) is 4.79 Å². The minimum absolute atomic E-state index is 0.132. The third-order valence-corrected chi connectivity index (χ3v) is 4.00.